The van der Waals surface area contributed by atoms with E-state index in [1.165, 1.54) is 11.8 Å². The highest BCUT2D eigenvalue weighted by atomic mass is 32.2. The molecule has 0 saturated heterocycles. The number of aryl methyl sites for hydroxylation is 1. The Bertz CT molecular complexity index is 784. The Kier molecular flexibility index (Phi) is 7.38. The number of nitrogens with zero attached hydrogens (tertiary/aromatic N) is 1. The maximum atomic E-state index is 12.9. The summed E-state index contributed by atoms with van der Waals surface area (Å²) in [6.45, 7) is 9.21. The second kappa shape index (κ2) is 9.20. The number of thioether (sulfide) groups is 1. The highest BCUT2D eigenvalue weighted by Crippen LogP contribution is 2.37. The standard InChI is InChI=1S/C22H31NO5S/c1-13(2)11-16(20(25)26)19(21(27)28-22(3,4)5)29-15-8-9-17-14(12-15)7-10-18(24)23(17)6/h8-9,12-13,16,19H,7,10-11H2,1-6H3,(H,25,26)/t16-,19-/m1/s1. The fraction of sp³-hybridized carbons (Fsp3) is 0.591. The van der Waals surface area contributed by atoms with Crippen LogP contribution in [0.25, 0.3) is 0 Å². The fourth-order valence-electron chi connectivity index (χ4n) is 3.37. The summed E-state index contributed by atoms with van der Waals surface area (Å²) >= 11 is 1.23. The van der Waals surface area contributed by atoms with Crippen LogP contribution in [0.1, 0.15) is 53.0 Å². The number of carboxylic acids is 1. The van der Waals surface area contributed by atoms with Gasteiger partial charge in [0.1, 0.15) is 10.9 Å². The van der Waals surface area contributed by atoms with Gasteiger partial charge in [-0.25, -0.2) is 0 Å². The number of carboxylic acid groups (broad SMARTS) is 1. The van der Waals surface area contributed by atoms with Crippen LogP contribution in [0.4, 0.5) is 5.69 Å². The van der Waals surface area contributed by atoms with Crippen molar-refractivity contribution in [2.45, 2.75) is 69.6 Å². The Morgan fingerprint density at radius 3 is 2.45 bits per heavy atom. The number of carbonyl (C=O) groups is 3. The molecule has 0 radical (unpaired) electrons. The number of amides is 1. The van der Waals surface area contributed by atoms with Gasteiger partial charge in [0.15, 0.2) is 0 Å². The molecule has 0 fully saturated rings. The van der Waals surface area contributed by atoms with Crippen LogP contribution in [0.5, 0.6) is 0 Å². The summed E-state index contributed by atoms with van der Waals surface area (Å²) in [6, 6.07) is 5.65. The van der Waals surface area contributed by atoms with Crippen LogP contribution < -0.4 is 4.90 Å². The van der Waals surface area contributed by atoms with Gasteiger partial charge in [0.2, 0.25) is 5.91 Å². The first-order chi connectivity index (χ1) is 13.4. The predicted molar refractivity (Wildman–Crippen MR) is 114 cm³/mol. The van der Waals surface area contributed by atoms with Crippen molar-refractivity contribution in [2.24, 2.45) is 11.8 Å². The largest absolute Gasteiger partial charge is 0.481 e. The smallest absolute Gasteiger partial charge is 0.320 e. The minimum absolute atomic E-state index is 0.0763. The Morgan fingerprint density at radius 2 is 1.90 bits per heavy atom. The van der Waals surface area contributed by atoms with Gasteiger partial charge in [-0.15, -0.1) is 11.8 Å². The zero-order valence-electron chi connectivity index (χ0n) is 18.0. The molecule has 7 heteroatoms. The van der Waals surface area contributed by atoms with Crippen molar-refractivity contribution in [1.29, 1.82) is 0 Å². The van der Waals surface area contributed by atoms with Gasteiger partial charge in [-0.05, 0) is 63.3 Å². The second-order valence-electron chi connectivity index (χ2n) is 8.89. The minimum atomic E-state index is -0.995. The van der Waals surface area contributed by atoms with Crippen LogP contribution in [-0.2, 0) is 25.5 Å². The molecule has 0 aliphatic carbocycles. The maximum absolute atomic E-state index is 12.9. The zero-order valence-corrected chi connectivity index (χ0v) is 18.8. The fourth-order valence-corrected chi connectivity index (χ4v) is 4.56. The summed E-state index contributed by atoms with van der Waals surface area (Å²) in [5, 5.41) is 8.96. The monoisotopic (exact) mass is 421 g/mol. The SMILES string of the molecule is CC(C)C[C@@H](C(=O)O)[C@@H](Sc1ccc2c(c1)CCC(=O)N2C)C(=O)OC(C)(C)C. The lowest BCUT2D eigenvalue weighted by Gasteiger charge is -2.29. The minimum Gasteiger partial charge on any atom is -0.481 e. The molecule has 1 aliphatic rings. The van der Waals surface area contributed by atoms with Crippen LogP contribution in [0.15, 0.2) is 23.1 Å². The van der Waals surface area contributed by atoms with Crippen LogP contribution >= 0.6 is 11.8 Å². The van der Waals surface area contributed by atoms with Gasteiger partial charge >= 0.3 is 11.9 Å². The van der Waals surface area contributed by atoms with Crippen molar-refractivity contribution in [3.8, 4) is 0 Å². The number of fused-ring (bicyclic) bond motifs is 1. The van der Waals surface area contributed by atoms with Crippen LogP contribution in [-0.4, -0.2) is 40.9 Å². The van der Waals surface area contributed by atoms with Gasteiger partial charge in [0, 0.05) is 24.1 Å². The average Bonchev–Trinajstić information content (AvgIpc) is 2.59. The van der Waals surface area contributed by atoms with Crippen molar-refractivity contribution in [2.75, 3.05) is 11.9 Å². The number of ether oxygens (including phenoxy) is 1. The molecular weight excluding hydrogens is 390 g/mol. The quantitative estimate of drug-likeness (QED) is 0.526. The molecule has 1 amide bonds. The Hall–Kier alpha value is -2.02. The second-order valence-corrected chi connectivity index (χ2v) is 10.1. The van der Waals surface area contributed by atoms with E-state index in [-0.39, 0.29) is 11.8 Å². The summed E-state index contributed by atoms with van der Waals surface area (Å²) in [4.78, 5) is 39.2. The van der Waals surface area contributed by atoms with Gasteiger partial charge in [-0.3, -0.25) is 14.4 Å². The lowest BCUT2D eigenvalue weighted by atomic mass is 9.94. The summed E-state index contributed by atoms with van der Waals surface area (Å²) < 4.78 is 5.55. The Labute approximate surface area is 177 Å². The number of hydrogen-bond donors (Lipinski definition) is 1. The number of benzene rings is 1. The normalized spacial score (nSPS) is 16.4. The van der Waals surface area contributed by atoms with Crippen molar-refractivity contribution >= 4 is 35.3 Å². The first kappa shape index (κ1) is 23.3. The van der Waals surface area contributed by atoms with Crippen molar-refractivity contribution in [1.82, 2.24) is 0 Å². The first-order valence-electron chi connectivity index (χ1n) is 9.91. The molecule has 0 spiro atoms. The molecule has 1 aromatic carbocycles. The summed E-state index contributed by atoms with van der Waals surface area (Å²) in [5.41, 5.74) is 1.18. The summed E-state index contributed by atoms with van der Waals surface area (Å²) in [7, 11) is 1.75. The number of anilines is 1. The molecule has 160 valence electrons. The van der Waals surface area contributed by atoms with Crippen LogP contribution in [0, 0.1) is 11.8 Å². The molecule has 2 atom stereocenters. The molecule has 0 unspecified atom stereocenters. The van der Waals surface area contributed by atoms with Gasteiger partial charge in [0.25, 0.3) is 0 Å². The van der Waals surface area contributed by atoms with Gasteiger partial charge in [0.05, 0.1) is 5.92 Å². The first-order valence-corrected chi connectivity index (χ1v) is 10.8. The van der Waals surface area contributed by atoms with Gasteiger partial charge in [-0.2, -0.15) is 0 Å². The third-order valence-corrected chi connectivity index (χ3v) is 6.01. The number of hydrogen-bond acceptors (Lipinski definition) is 5. The highest BCUT2D eigenvalue weighted by molar-refractivity contribution is 8.00. The Morgan fingerprint density at radius 1 is 1.24 bits per heavy atom. The summed E-state index contributed by atoms with van der Waals surface area (Å²) in [6.07, 6.45) is 1.46. The zero-order chi connectivity index (χ0) is 21.9. The lowest BCUT2D eigenvalue weighted by molar-refractivity contribution is -0.159. The van der Waals surface area contributed by atoms with Crippen molar-refractivity contribution in [3.05, 3.63) is 23.8 Å². The van der Waals surface area contributed by atoms with Gasteiger partial charge < -0.3 is 14.7 Å². The number of aliphatic carboxylic acids is 1. The predicted octanol–water partition coefficient (Wildman–Crippen LogP) is 4.14. The number of carbonyl (C=O) groups excluding carboxylic acids is 2. The highest BCUT2D eigenvalue weighted by Gasteiger charge is 2.38. The average molecular weight is 422 g/mol. The molecule has 1 aromatic rings. The third kappa shape index (κ3) is 6.23. The molecule has 0 bridgehead atoms. The molecule has 2 rings (SSSR count). The topological polar surface area (TPSA) is 83.9 Å². The molecule has 1 heterocycles. The summed E-state index contributed by atoms with van der Waals surface area (Å²) in [5.74, 6) is -2.15. The van der Waals surface area contributed by atoms with E-state index in [0.717, 1.165) is 16.1 Å². The molecule has 0 aromatic heterocycles. The maximum Gasteiger partial charge on any atom is 0.320 e. The van der Waals surface area contributed by atoms with E-state index in [0.29, 0.717) is 19.3 Å². The van der Waals surface area contributed by atoms with E-state index in [9.17, 15) is 19.5 Å². The third-order valence-electron chi connectivity index (χ3n) is 4.70. The molecule has 6 nitrogen and oxygen atoms in total. The van der Waals surface area contributed by atoms with E-state index in [4.69, 9.17) is 4.74 Å². The van der Waals surface area contributed by atoms with Crippen molar-refractivity contribution in [3.63, 3.8) is 0 Å². The van der Waals surface area contributed by atoms with E-state index < -0.39 is 28.7 Å². The van der Waals surface area contributed by atoms with E-state index >= 15 is 0 Å². The number of rotatable bonds is 7. The lowest BCUT2D eigenvalue weighted by Crippen LogP contribution is -2.38. The van der Waals surface area contributed by atoms with Crippen LogP contribution in [0.3, 0.4) is 0 Å². The van der Waals surface area contributed by atoms with Crippen LogP contribution in [0.2, 0.25) is 0 Å². The number of esters is 1. The molecule has 0 saturated carbocycles. The molecule has 29 heavy (non-hydrogen) atoms. The van der Waals surface area contributed by atoms with E-state index in [2.05, 4.69) is 0 Å². The molecular formula is C22H31NO5S. The molecule has 1 aliphatic heterocycles. The Balaban J connectivity index is 2.35. The van der Waals surface area contributed by atoms with Gasteiger partial charge in [-0.1, -0.05) is 13.8 Å². The van der Waals surface area contributed by atoms with E-state index in [1.807, 2.05) is 32.0 Å². The van der Waals surface area contributed by atoms with Crippen molar-refractivity contribution < 1.29 is 24.2 Å². The molecule has 1 N–H and O–H groups in total. The van der Waals surface area contributed by atoms with E-state index in [1.54, 1.807) is 32.7 Å².